The minimum Gasteiger partial charge on any atom is -0.494 e. The highest BCUT2D eigenvalue weighted by atomic mass is 16.5. The number of nitrogens with zero attached hydrogens (tertiary/aromatic N) is 2. The predicted octanol–water partition coefficient (Wildman–Crippen LogP) is 2.04. The SMILES string of the molecule is CCOc1cccc(CNC(=O)n2ccnc2)c1. The summed E-state index contributed by atoms with van der Waals surface area (Å²) >= 11 is 0. The molecule has 2 aromatic rings. The van der Waals surface area contributed by atoms with Gasteiger partial charge >= 0.3 is 6.03 Å². The quantitative estimate of drug-likeness (QED) is 0.896. The van der Waals surface area contributed by atoms with Gasteiger partial charge in [-0.3, -0.25) is 4.57 Å². The van der Waals surface area contributed by atoms with Crippen LogP contribution in [0.3, 0.4) is 0 Å². The van der Waals surface area contributed by atoms with Crippen molar-refractivity contribution in [3.63, 3.8) is 0 Å². The fourth-order valence-corrected chi connectivity index (χ4v) is 1.56. The standard InChI is InChI=1S/C13H15N3O2/c1-2-18-12-5-3-4-11(8-12)9-15-13(17)16-7-6-14-10-16/h3-8,10H,2,9H2,1H3,(H,15,17). The number of benzene rings is 1. The molecule has 94 valence electrons. The maximum absolute atomic E-state index is 11.7. The van der Waals surface area contributed by atoms with Gasteiger partial charge in [-0.25, -0.2) is 9.78 Å². The van der Waals surface area contributed by atoms with E-state index < -0.39 is 0 Å². The molecule has 0 atom stereocenters. The molecular weight excluding hydrogens is 230 g/mol. The van der Waals surface area contributed by atoms with Gasteiger partial charge < -0.3 is 10.1 Å². The molecule has 0 aliphatic heterocycles. The van der Waals surface area contributed by atoms with Gasteiger partial charge in [0, 0.05) is 18.9 Å². The van der Waals surface area contributed by atoms with Crippen molar-refractivity contribution < 1.29 is 9.53 Å². The summed E-state index contributed by atoms with van der Waals surface area (Å²) in [6, 6.07) is 7.46. The van der Waals surface area contributed by atoms with Crippen molar-refractivity contribution in [1.29, 1.82) is 0 Å². The fraction of sp³-hybridized carbons (Fsp3) is 0.231. The lowest BCUT2D eigenvalue weighted by atomic mass is 10.2. The van der Waals surface area contributed by atoms with Crippen molar-refractivity contribution in [3.8, 4) is 5.75 Å². The molecule has 5 heteroatoms. The van der Waals surface area contributed by atoms with E-state index in [1.807, 2.05) is 31.2 Å². The van der Waals surface area contributed by atoms with E-state index in [9.17, 15) is 4.79 Å². The van der Waals surface area contributed by atoms with Crippen LogP contribution < -0.4 is 10.1 Å². The van der Waals surface area contributed by atoms with E-state index in [4.69, 9.17) is 4.74 Å². The molecule has 1 aromatic heterocycles. The van der Waals surface area contributed by atoms with Gasteiger partial charge in [-0.2, -0.15) is 0 Å². The van der Waals surface area contributed by atoms with Crippen LogP contribution in [-0.4, -0.2) is 22.2 Å². The van der Waals surface area contributed by atoms with E-state index in [2.05, 4.69) is 10.3 Å². The van der Waals surface area contributed by atoms with Gasteiger partial charge in [0.05, 0.1) is 6.61 Å². The Bertz CT molecular complexity index is 509. The number of imidazole rings is 1. The Morgan fingerprint density at radius 1 is 1.50 bits per heavy atom. The third kappa shape index (κ3) is 3.10. The van der Waals surface area contributed by atoms with E-state index in [0.717, 1.165) is 11.3 Å². The third-order valence-electron chi connectivity index (χ3n) is 2.39. The molecule has 1 heterocycles. The monoisotopic (exact) mass is 245 g/mol. The number of aromatic nitrogens is 2. The maximum atomic E-state index is 11.7. The Morgan fingerprint density at radius 2 is 2.39 bits per heavy atom. The smallest absolute Gasteiger partial charge is 0.327 e. The molecule has 0 saturated heterocycles. The lowest BCUT2D eigenvalue weighted by molar-refractivity contribution is 0.242. The molecule has 0 radical (unpaired) electrons. The summed E-state index contributed by atoms with van der Waals surface area (Å²) in [6.07, 6.45) is 4.63. The molecule has 0 unspecified atom stereocenters. The Kier molecular flexibility index (Phi) is 3.96. The molecule has 0 fully saturated rings. The molecule has 0 saturated carbocycles. The van der Waals surface area contributed by atoms with Crippen LogP contribution >= 0.6 is 0 Å². The van der Waals surface area contributed by atoms with Gasteiger partial charge in [-0.15, -0.1) is 0 Å². The number of hydrogen-bond donors (Lipinski definition) is 1. The molecule has 5 nitrogen and oxygen atoms in total. The van der Waals surface area contributed by atoms with Crippen molar-refractivity contribution in [1.82, 2.24) is 14.9 Å². The highest BCUT2D eigenvalue weighted by molar-refractivity contribution is 5.76. The van der Waals surface area contributed by atoms with Gasteiger partial charge in [0.2, 0.25) is 0 Å². The molecule has 0 aliphatic rings. The topological polar surface area (TPSA) is 56.1 Å². The maximum Gasteiger partial charge on any atom is 0.327 e. The van der Waals surface area contributed by atoms with E-state index in [0.29, 0.717) is 13.2 Å². The van der Waals surface area contributed by atoms with E-state index in [-0.39, 0.29) is 6.03 Å². The number of amides is 1. The van der Waals surface area contributed by atoms with Crippen molar-refractivity contribution in [2.45, 2.75) is 13.5 Å². The van der Waals surface area contributed by atoms with Gasteiger partial charge in [-0.1, -0.05) is 12.1 Å². The normalized spacial score (nSPS) is 10.1. The number of ether oxygens (including phenoxy) is 1. The Hall–Kier alpha value is -2.30. The van der Waals surface area contributed by atoms with Gasteiger partial charge in [-0.05, 0) is 24.6 Å². The fourth-order valence-electron chi connectivity index (χ4n) is 1.56. The Morgan fingerprint density at radius 3 is 3.11 bits per heavy atom. The molecule has 0 bridgehead atoms. The summed E-state index contributed by atoms with van der Waals surface area (Å²) in [7, 11) is 0. The summed E-state index contributed by atoms with van der Waals surface area (Å²) in [4.78, 5) is 15.5. The third-order valence-corrected chi connectivity index (χ3v) is 2.39. The Labute approximate surface area is 105 Å². The molecule has 18 heavy (non-hydrogen) atoms. The minimum atomic E-state index is -0.200. The first-order valence-corrected chi connectivity index (χ1v) is 5.77. The van der Waals surface area contributed by atoms with Crippen LogP contribution in [0, 0.1) is 0 Å². The zero-order chi connectivity index (χ0) is 12.8. The summed E-state index contributed by atoms with van der Waals surface area (Å²) < 4.78 is 6.79. The van der Waals surface area contributed by atoms with Gasteiger partial charge in [0.15, 0.2) is 0 Å². The lowest BCUT2D eigenvalue weighted by Gasteiger charge is -2.07. The molecule has 1 aromatic carbocycles. The highest BCUT2D eigenvalue weighted by Gasteiger charge is 2.03. The molecule has 1 amide bonds. The summed E-state index contributed by atoms with van der Waals surface area (Å²) in [5.41, 5.74) is 0.995. The van der Waals surface area contributed by atoms with Crippen LogP contribution in [0.15, 0.2) is 43.0 Å². The molecule has 0 spiro atoms. The molecule has 2 rings (SSSR count). The first-order chi connectivity index (χ1) is 8.79. The average Bonchev–Trinajstić information content (AvgIpc) is 2.91. The minimum absolute atomic E-state index is 0.200. The second-order valence-corrected chi connectivity index (χ2v) is 3.71. The first-order valence-electron chi connectivity index (χ1n) is 5.77. The number of carbonyl (C=O) groups excluding carboxylic acids is 1. The second-order valence-electron chi connectivity index (χ2n) is 3.71. The molecular formula is C13H15N3O2. The van der Waals surface area contributed by atoms with E-state index >= 15 is 0 Å². The van der Waals surface area contributed by atoms with Crippen LogP contribution in [0.2, 0.25) is 0 Å². The Balaban J connectivity index is 1.93. The first kappa shape index (κ1) is 12.2. The van der Waals surface area contributed by atoms with Crippen molar-refractivity contribution in [2.75, 3.05) is 6.61 Å². The van der Waals surface area contributed by atoms with Crippen LogP contribution in [0.1, 0.15) is 12.5 Å². The second kappa shape index (κ2) is 5.86. The van der Waals surface area contributed by atoms with Crippen molar-refractivity contribution in [3.05, 3.63) is 48.5 Å². The van der Waals surface area contributed by atoms with Gasteiger partial charge in [0.25, 0.3) is 0 Å². The van der Waals surface area contributed by atoms with Crippen LogP contribution in [-0.2, 0) is 6.54 Å². The largest absolute Gasteiger partial charge is 0.494 e. The highest BCUT2D eigenvalue weighted by Crippen LogP contribution is 2.12. The zero-order valence-corrected chi connectivity index (χ0v) is 10.2. The summed E-state index contributed by atoms with van der Waals surface area (Å²) in [5, 5.41) is 2.80. The molecule has 0 aliphatic carbocycles. The number of rotatable bonds is 4. The van der Waals surface area contributed by atoms with Crippen LogP contribution in [0.25, 0.3) is 0 Å². The predicted molar refractivity (Wildman–Crippen MR) is 67.5 cm³/mol. The summed E-state index contributed by atoms with van der Waals surface area (Å²) in [5.74, 6) is 0.812. The van der Waals surface area contributed by atoms with Crippen molar-refractivity contribution >= 4 is 6.03 Å². The van der Waals surface area contributed by atoms with Crippen LogP contribution in [0.4, 0.5) is 4.79 Å². The average molecular weight is 245 g/mol. The summed E-state index contributed by atoms with van der Waals surface area (Å²) in [6.45, 7) is 3.02. The van der Waals surface area contributed by atoms with Crippen LogP contribution in [0.5, 0.6) is 5.75 Å². The van der Waals surface area contributed by atoms with Gasteiger partial charge in [0.1, 0.15) is 12.1 Å². The van der Waals surface area contributed by atoms with E-state index in [1.165, 1.54) is 10.9 Å². The van der Waals surface area contributed by atoms with Crippen molar-refractivity contribution in [2.24, 2.45) is 0 Å². The number of hydrogen-bond acceptors (Lipinski definition) is 3. The lowest BCUT2D eigenvalue weighted by Crippen LogP contribution is -2.26. The number of carbonyl (C=O) groups is 1. The van der Waals surface area contributed by atoms with E-state index in [1.54, 1.807) is 12.4 Å². The molecule has 1 N–H and O–H groups in total. The zero-order valence-electron chi connectivity index (χ0n) is 10.2. The number of nitrogens with one attached hydrogen (secondary N) is 1.